The molecule has 1 aromatic heterocycles. The molecule has 0 radical (unpaired) electrons. The van der Waals surface area contributed by atoms with Gasteiger partial charge < -0.3 is 0 Å². The third-order valence-corrected chi connectivity index (χ3v) is 3.23. The van der Waals surface area contributed by atoms with Crippen molar-refractivity contribution in [1.82, 2.24) is 20.6 Å². The van der Waals surface area contributed by atoms with Crippen LogP contribution in [0, 0.1) is 24.0 Å². The van der Waals surface area contributed by atoms with E-state index in [1.54, 1.807) is 6.07 Å². The highest BCUT2D eigenvalue weighted by atomic mass is 16.6. The van der Waals surface area contributed by atoms with Crippen LogP contribution in [0.3, 0.4) is 0 Å². The van der Waals surface area contributed by atoms with Gasteiger partial charge in [0.15, 0.2) is 0 Å². The van der Waals surface area contributed by atoms with Crippen molar-refractivity contribution < 1.29 is 14.5 Å². The maximum atomic E-state index is 11.8. The molecule has 0 aliphatic carbocycles. The van der Waals surface area contributed by atoms with E-state index in [2.05, 4.69) is 16.0 Å². The molecule has 0 saturated carbocycles. The molecule has 2 amide bonds. The third kappa shape index (κ3) is 5.27. The van der Waals surface area contributed by atoms with E-state index < -0.39 is 16.7 Å². The maximum absolute atomic E-state index is 11.8. The van der Waals surface area contributed by atoms with Crippen molar-refractivity contribution in [1.29, 1.82) is 0 Å². The first kappa shape index (κ1) is 17.9. The van der Waals surface area contributed by atoms with Crippen LogP contribution >= 0.6 is 0 Å². The van der Waals surface area contributed by atoms with Gasteiger partial charge in [-0.25, -0.2) is 0 Å². The Kier molecular flexibility index (Phi) is 5.62. The van der Waals surface area contributed by atoms with Crippen LogP contribution in [0.5, 0.6) is 0 Å². The normalized spacial score (nSPS) is 10.6. The third-order valence-electron chi connectivity index (χ3n) is 3.23. The van der Waals surface area contributed by atoms with Gasteiger partial charge in [0.1, 0.15) is 6.54 Å². The summed E-state index contributed by atoms with van der Waals surface area (Å²) in [6.07, 6.45) is 2.58. The molecular formula is C16H17N5O4. The Morgan fingerprint density at radius 2 is 2.04 bits per heavy atom. The molecule has 0 atom stereocenters. The summed E-state index contributed by atoms with van der Waals surface area (Å²) in [6, 6.07) is 7.68. The number of hydrazine groups is 1. The van der Waals surface area contributed by atoms with Crippen molar-refractivity contribution >= 4 is 23.6 Å². The van der Waals surface area contributed by atoms with E-state index in [-0.39, 0.29) is 12.2 Å². The predicted octanol–water partition coefficient (Wildman–Crippen LogP) is 1.27. The van der Waals surface area contributed by atoms with Crippen LogP contribution in [0.1, 0.15) is 17.0 Å². The summed E-state index contributed by atoms with van der Waals surface area (Å²) in [5.41, 5.74) is 6.58. The monoisotopic (exact) mass is 343 g/mol. The van der Waals surface area contributed by atoms with Gasteiger partial charge >= 0.3 is 0 Å². The summed E-state index contributed by atoms with van der Waals surface area (Å²) in [6.45, 7) is 3.63. The van der Waals surface area contributed by atoms with Crippen LogP contribution in [-0.2, 0) is 16.1 Å². The molecule has 0 aliphatic rings. The predicted molar refractivity (Wildman–Crippen MR) is 90.1 cm³/mol. The number of benzene rings is 1. The molecule has 25 heavy (non-hydrogen) atoms. The molecule has 1 aromatic carbocycles. The number of rotatable bonds is 5. The first-order chi connectivity index (χ1) is 11.8. The number of hydrogen-bond donors (Lipinski definition) is 2. The van der Waals surface area contributed by atoms with E-state index in [1.807, 2.05) is 19.9 Å². The fraction of sp³-hybridized carbons (Fsp3) is 0.188. The minimum absolute atomic E-state index is 0.0193. The molecule has 0 fully saturated rings. The molecule has 2 rings (SSSR count). The molecule has 0 aliphatic heterocycles. The van der Waals surface area contributed by atoms with Crippen molar-refractivity contribution in [3.8, 4) is 0 Å². The number of nitrogens with zero attached hydrogens (tertiary/aromatic N) is 3. The minimum Gasteiger partial charge on any atom is -0.271 e. The number of aromatic nitrogens is 2. The minimum atomic E-state index is -0.562. The molecule has 0 bridgehead atoms. The van der Waals surface area contributed by atoms with Crippen molar-refractivity contribution in [3.63, 3.8) is 0 Å². The van der Waals surface area contributed by atoms with Gasteiger partial charge in [0.2, 0.25) is 0 Å². The van der Waals surface area contributed by atoms with Gasteiger partial charge in [-0.15, -0.1) is 0 Å². The fourth-order valence-electron chi connectivity index (χ4n) is 2.10. The Morgan fingerprint density at radius 1 is 1.28 bits per heavy atom. The van der Waals surface area contributed by atoms with E-state index in [1.165, 1.54) is 35.0 Å². The quantitative estimate of drug-likeness (QED) is 0.481. The zero-order chi connectivity index (χ0) is 18.4. The zero-order valence-electron chi connectivity index (χ0n) is 13.7. The lowest BCUT2D eigenvalue weighted by Crippen LogP contribution is -2.42. The molecule has 9 nitrogen and oxygen atoms in total. The number of amides is 2. The summed E-state index contributed by atoms with van der Waals surface area (Å²) in [5.74, 6) is -0.989. The average molecular weight is 343 g/mol. The fourth-order valence-corrected chi connectivity index (χ4v) is 2.10. The number of carbonyl (C=O) groups excluding carboxylic acids is 2. The number of nitrogens with one attached hydrogen (secondary N) is 2. The molecule has 0 unspecified atom stereocenters. The molecular weight excluding hydrogens is 326 g/mol. The molecule has 0 saturated heterocycles. The van der Waals surface area contributed by atoms with Crippen molar-refractivity contribution in [3.05, 3.63) is 63.5 Å². The second kappa shape index (κ2) is 7.86. The number of non-ortho nitro benzene ring substituents is 1. The maximum Gasteiger partial charge on any atom is 0.270 e. The van der Waals surface area contributed by atoms with E-state index in [4.69, 9.17) is 0 Å². The molecule has 130 valence electrons. The molecule has 1 heterocycles. The lowest BCUT2D eigenvalue weighted by atomic mass is 10.2. The number of carbonyl (C=O) groups is 2. The first-order valence-electron chi connectivity index (χ1n) is 7.37. The number of aryl methyl sites for hydroxylation is 2. The summed E-state index contributed by atoms with van der Waals surface area (Å²) in [4.78, 5) is 33.7. The lowest BCUT2D eigenvalue weighted by molar-refractivity contribution is -0.384. The summed E-state index contributed by atoms with van der Waals surface area (Å²) < 4.78 is 1.52. The highest BCUT2D eigenvalue weighted by Crippen LogP contribution is 2.13. The summed E-state index contributed by atoms with van der Waals surface area (Å²) in [7, 11) is 0. The van der Waals surface area contributed by atoms with Crippen LogP contribution in [-0.4, -0.2) is 26.5 Å². The van der Waals surface area contributed by atoms with Gasteiger partial charge in [0, 0.05) is 23.9 Å². The van der Waals surface area contributed by atoms with E-state index in [0.29, 0.717) is 5.56 Å². The highest BCUT2D eigenvalue weighted by Gasteiger charge is 2.08. The van der Waals surface area contributed by atoms with Gasteiger partial charge in [-0.3, -0.25) is 35.2 Å². The van der Waals surface area contributed by atoms with Gasteiger partial charge in [0.25, 0.3) is 17.5 Å². The number of nitro groups is 1. The first-order valence-corrected chi connectivity index (χ1v) is 7.37. The molecule has 0 spiro atoms. The van der Waals surface area contributed by atoms with Crippen molar-refractivity contribution in [2.75, 3.05) is 0 Å². The Morgan fingerprint density at radius 3 is 2.68 bits per heavy atom. The lowest BCUT2D eigenvalue weighted by Gasteiger charge is -2.06. The van der Waals surface area contributed by atoms with Crippen LogP contribution < -0.4 is 10.9 Å². The van der Waals surface area contributed by atoms with Crippen LogP contribution in [0.4, 0.5) is 5.69 Å². The Bertz CT molecular complexity index is 841. The largest absolute Gasteiger partial charge is 0.271 e. The van der Waals surface area contributed by atoms with Crippen molar-refractivity contribution in [2.24, 2.45) is 0 Å². The van der Waals surface area contributed by atoms with Gasteiger partial charge in [-0.1, -0.05) is 12.1 Å². The van der Waals surface area contributed by atoms with Crippen LogP contribution in [0.2, 0.25) is 0 Å². The number of hydrogen-bond acceptors (Lipinski definition) is 5. The Hall–Kier alpha value is -3.49. The van der Waals surface area contributed by atoms with Crippen LogP contribution in [0.25, 0.3) is 6.08 Å². The van der Waals surface area contributed by atoms with E-state index >= 15 is 0 Å². The SMILES string of the molecule is Cc1cc(C)n(CC(=O)NNC(=O)/C=C/c2cccc([N+](=O)[O-])c2)n1. The standard InChI is InChI=1S/C16H17N5O4/c1-11-8-12(2)20(19-11)10-16(23)18-17-15(22)7-6-13-4-3-5-14(9-13)21(24)25/h3-9H,10H2,1-2H3,(H,17,22)(H,18,23)/b7-6+. The average Bonchev–Trinajstić information content (AvgIpc) is 2.88. The van der Waals surface area contributed by atoms with Gasteiger partial charge in [-0.2, -0.15) is 5.10 Å². The van der Waals surface area contributed by atoms with Crippen molar-refractivity contribution in [2.45, 2.75) is 20.4 Å². The summed E-state index contributed by atoms with van der Waals surface area (Å²) >= 11 is 0. The second-order valence-electron chi connectivity index (χ2n) is 5.31. The van der Waals surface area contributed by atoms with Crippen LogP contribution in [0.15, 0.2) is 36.4 Å². The number of nitro benzene ring substituents is 1. The smallest absolute Gasteiger partial charge is 0.270 e. The van der Waals surface area contributed by atoms with Gasteiger partial charge in [-0.05, 0) is 31.6 Å². The van der Waals surface area contributed by atoms with E-state index in [0.717, 1.165) is 11.4 Å². The topological polar surface area (TPSA) is 119 Å². The molecule has 2 N–H and O–H groups in total. The zero-order valence-corrected chi connectivity index (χ0v) is 13.7. The summed E-state index contributed by atoms with van der Waals surface area (Å²) in [5, 5.41) is 14.8. The Balaban J connectivity index is 1.85. The Labute approximate surface area is 143 Å². The second-order valence-corrected chi connectivity index (χ2v) is 5.31. The highest BCUT2D eigenvalue weighted by molar-refractivity contribution is 5.93. The van der Waals surface area contributed by atoms with Gasteiger partial charge in [0.05, 0.1) is 10.6 Å². The molecule has 2 aromatic rings. The van der Waals surface area contributed by atoms with E-state index in [9.17, 15) is 19.7 Å². The molecule has 9 heteroatoms.